The molecule has 17 heavy (non-hydrogen) atoms. The van der Waals surface area contributed by atoms with Crippen molar-refractivity contribution in [2.75, 3.05) is 0 Å². The van der Waals surface area contributed by atoms with Gasteiger partial charge >= 0.3 is 0 Å². The Kier molecular flexibility index (Phi) is 3.89. The van der Waals surface area contributed by atoms with Gasteiger partial charge in [0.25, 0.3) is 0 Å². The van der Waals surface area contributed by atoms with Crippen molar-refractivity contribution in [1.29, 1.82) is 0 Å². The summed E-state index contributed by atoms with van der Waals surface area (Å²) in [7, 11) is 0. The summed E-state index contributed by atoms with van der Waals surface area (Å²) < 4.78 is 6.84. The first-order valence-corrected chi connectivity index (χ1v) is 6.86. The molecule has 0 amide bonds. The van der Waals surface area contributed by atoms with Crippen molar-refractivity contribution in [2.24, 2.45) is 11.7 Å². The van der Waals surface area contributed by atoms with E-state index in [1.807, 2.05) is 18.2 Å². The van der Waals surface area contributed by atoms with Crippen molar-refractivity contribution in [3.8, 4) is 0 Å². The van der Waals surface area contributed by atoms with Gasteiger partial charge in [-0.1, -0.05) is 32.4 Å². The average molecular weight is 296 g/mol. The van der Waals surface area contributed by atoms with Crippen LogP contribution in [0.1, 0.15) is 38.5 Å². The van der Waals surface area contributed by atoms with Gasteiger partial charge in [-0.25, -0.2) is 0 Å². The molecule has 0 saturated carbocycles. The van der Waals surface area contributed by atoms with Crippen molar-refractivity contribution >= 4 is 26.9 Å². The molecule has 0 aliphatic heterocycles. The lowest BCUT2D eigenvalue weighted by atomic mass is 9.96. The van der Waals surface area contributed by atoms with Crippen LogP contribution in [0.5, 0.6) is 0 Å². The Morgan fingerprint density at radius 1 is 1.41 bits per heavy atom. The highest BCUT2D eigenvalue weighted by molar-refractivity contribution is 9.10. The summed E-state index contributed by atoms with van der Waals surface area (Å²) in [6, 6.07) is 8.07. The lowest BCUT2D eigenvalue weighted by Gasteiger charge is -2.16. The van der Waals surface area contributed by atoms with Crippen LogP contribution in [0.2, 0.25) is 0 Å². The van der Waals surface area contributed by atoms with Gasteiger partial charge in [0.05, 0.1) is 10.5 Å². The third-order valence-electron chi connectivity index (χ3n) is 3.20. The van der Waals surface area contributed by atoms with Gasteiger partial charge in [-0.05, 0) is 40.4 Å². The summed E-state index contributed by atoms with van der Waals surface area (Å²) in [6.07, 6.45) is 2.28. The van der Waals surface area contributed by atoms with E-state index in [4.69, 9.17) is 10.2 Å². The van der Waals surface area contributed by atoms with E-state index >= 15 is 0 Å². The van der Waals surface area contributed by atoms with E-state index in [2.05, 4.69) is 35.8 Å². The second-order valence-corrected chi connectivity index (χ2v) is 5.45. The third-order valence-corrected chi connectivity index (χ3v) is 3.83. The number of para-hydroxylation sites is 1. The predicted octanol–water partition coefficient (Wildman–Crippen LogP) is 4.63. The minimum absolute atomic E-state index is 0.0192. The van der Waals surface area contributed by atoms with Gasteiger partial charge in [-0.15, -0.1) is 0 Å². The molecule has 0 aliphatic carbocycles. The lowest BCUT2D eigenvalue weighted by molar-refractivity contribution is 0.375. The lowest BCUT2D eigenvalue weighted by Crippen LogP contribution is -2.18. The number of rotatable bonds is 4. The molecule has 2 atom stereocenters. The number of hydrogen-bond donors (Lipinski definition) is 1. The Morgan fingerprint density at radius 2 is 2.18 bits per heavy atom. The molecule has 2 nitrogen and oxygen atoms in total. The van der Waals surface area contributed by atoms with Crippen LogP contribution in [0.25, 0.3) is 11.0 Å². The molecule has 3 heteroatoms. The van der Waals surface area contributed by atoms with E-state index in [9.17, 15) is 0 Å². The fourth-order valence-corrected chi connectivity index (χ4v) is 2.59. The molecule has 1 aromatic carbocycles. The minimum atomic E-state index is -0.0192. The summed E-state index contributed by atoms with van der Waals surface area (Å²) in [5, 5.41) is 1.11. The Labute approximate surface area is 110 Å². The Hall–Kier alpha value is -0.800. The largest absolute Gasteiger partial charge is 0.458 e. The van der Waals surface area contributed by atoms with E-state index in [1.165, 1.54) is 0 Å². The van der Waals surface area contributed by atoms with Crippen LogP contribution < -0.4 is 5.73 Å². The molecule has 0 saturated heterocycles. The molecule has 1 aromatic heterocycles. The SMILES string of the molecule is CCCC(C)C(N)c1cc2cccc(Br)c2o1. The van der Waals surface area contributed by atoms with Crippen molar-refractivity contribution in [1.82, 2.24) is 0 Å². The molecular weight excluding hydrogens is 278 g/mol. The topological polar surface area (TPSA) is 39.2 Å². The van der Waals surface area contributed by atoms with Gasteiger partial charge in [0.1, 0.15) is 11.3 Å². The molecule has 0 spiro atoms. The monoisotopic (exact) mass is 295 g/mol. The van der Waals surface area contributed by atoms with Gasteiger partial charge in [0.15, 0.2) is 0 Å². The van der Waals surface area contributed by atoms with Crippen molar-refractivity contribution in [2.45, 2.75) is 32.7 Å². The normalized spacial score (nSPS) is 15.1. The molecule has 1 heterocycles. The molecule has 2 unspecified atom stereocenters. The molecule has 0 fully saturated rings. The van der Waals surface area contributed by atoms with Gasteiger partial charge in [0, 0.05) is 5.39 Å². The van der Waals surface area contributed by atoms with Gasteiger partial charge in [0.2, 0.25) is 0 Å². The maximum atomic E-state index is 6.23. The fourth-order valence-electron chi connectivity index (χ4n) is 2.13. The molecule has 2 N–H and O–H groups in total. The number of nitrogens with two attached hydrogens (primary N) is 1. The Balaban J connectivity index is 2.33. The van der Waals surface area contributed by atoms with Crippen molar-refractivity contribution in [3.05, 3.63) is 34.5 Å². The summed E-state index contributed by atoms with van der Waals surface area (Å²) >= 11 is 3.49. The number of fused-ring (bicyclic) bond motifs is 1. The molecule has 2 rings (SSSR count). The molecule has 92 valence electrons. The van der Waals surface area contributed by atoms with Gasteiger partial charge in [-0.3, -0.25) is 0 Å². The van der Waals surface area contributed by atoms with Crippen LogP contribution in [0.3, 0.4) is 0 Å². The summed E-state index contributed by atoms with van der Waals surface area (Å²) in [6.45, 7) is 4.36. The second-order valence-electron chi connectivity index (χ2n) is 4.60. The molecule has 0 radical (unpaired) electrons. The smallest absolute Gasteiger partial charge is 0.148 e. The van der Waals surface area contributed by atoms with Crippen molar-refractivity contribution in [3.63, 3.8) is 0 Å². The van der Waals surface area contributed by atoms with Crippen LogP contribution in [0, 0.1) is 5.92 Å². The molecule has 0 aliphatic rings. The zero-order valence-electron chi connectivity index (χ0n) is 10.2. The molecular formula is C14H18BrNO. The summed E-state index contributed by atoms with van der Waals surface area (Å²) in [4.78, 5) is 0. The van der Waals surface area contributed by atoms with E-state index in [0.29, 0.717) is 5.92 Å². The van der Waals surface area contributed by atoms with Gasteiger partial charge < -0.3 is 10.2 Å². The maximum Gasteiger partial charge on any atom is 0.148 e. The van der Waals surface area contributed by atoms with E-state index < -0.39 is 0 Å². The van der Waals surface area contributed by atoms with Crippen LogP contribution >= 0.6 is 15.9 Å². The van der Waals surface area contributed by atoms with Crippen molar-refractivity contribution < 1.29 is 4.42 Å². The number of benzene rings is 1. The van der Waals surface area contributed by atoms with Crippen LogP contribution in [0.4, 0.5) is 0 Å². The molecule has 0 bridgehead atoms. The second kappa shape index (κ2) is 5.23. The highest BCUT2D eigenvalue weighted by Gasteiger charge is 2.18. The fraction of sp³-hybridized carbons (Fsp3) is 0.429. The quantitative estimate of drug-likeness (QED) is 0.893. The highest BCUT2D eigenvalue weighted by atomic mass is 79.9. The zero-order valence-corrected chi connectivity index (χ0v) is 11.8. The first-order valence-electron chi connectivity index (χ1n) is 6.07. The van der Waals surface area contributed by atoms with Gasteiger partial charge in [-0.2, -0.15) is 0 Å². The van der Waals surface area contributed by atoms with E-state index in [-0.39, 0.29) is 6.04 Å². The van der Waals surface area contributed by atoms with Crippen LogP contribution in [0.15, 0.2) is 33.2 Å². The minimum Gasteiger partial charge on any atom is -0.458 e. The van der Waals surface area contributed by atoms with E-state index in [0.717, 1.165) is 34.0 Å². The number of furan rings is 1. The molecule has 2 aromatic rings. The predicted molar refractivity (Wildman–Crippen MR) is 74.9 cm³/mol. The Morgan fingerprint density at radius 3 is 2.82 bits per heavy atom. The summed E-state index contributed by atoms with van der Waals surface area (Å²) in [5.41, 5.74) is 7.12. The average Bonchev–Trinajstić information content (AvgIpc) is 2.73. The Bertz CT molecular complexity index is 506. The van der Waals surface area contributed by atoms with Crippen LogP contribution in [-0.2, 0) is 0 Å². The number of hydrogen-bond acceptors (Lipinski definition) is 2. The first-order chi connectivity index (χ1) is 8.13. The zero-order chi connectivity index (χ0) is 12.4. The number of halogens is 1. The standard InChI is InChI=1S/C14H18BrNO/c1-3-5-9(2)13(16)12-8-10-6-4-7-11(15)14(10)17-12/h4,6-9,13H,3,5,16H2,1-2H3. The maximum absolute atomic E-state index is 6.23. The third kappa shape index (κ3) is 2.55. The summed E-state index contributed by atoms with van der Waals surface area (Å²) in [5.74, 6) is 1.33. The van der Waals surface area contributed by atoms with E-state index in [1.54, 1.807) is 0 Å². The highest BCUT2D eigenvalue weighted by Crippen LogP contribution is 2.32. The first kappa shape index (κ1) is 12.7. The van der Waals surface area contributed by atoms with Crippen LogP contribution in [-0.4, -0.2) is 0 Å².